The minimum Gasteiger partial charge on any atom is -0.477 e. The molecule has 0 bridgehead atoms. The number of benzene rings is 1. The van der Waals surface area contributed by atoms with E-state index in [0.717, 1.165) is 4.90 Å². The predicted octanol–water partition coefficient (Wildman–Crippen LogP) is 0.850. The van der Waals surface area contributed by atoms with Crippen LogP contribution in [0.2, 0.25) is 0 Å². The first-order valence-corrected chi connectivity index (χ1v) is 14.0. The number of allylic oxidation sites excluding steroid dienone is 1. The molecule has 1 saturated heterocycles. The number of carbonyl (C=O) groups excluding carboxylic acids is 4. The molecule has 1 aromatic carbocycles. The second-order valence-electron chi connectivity index (χ2n) is 8.75. The van der Waals surface area contributed by atoms with Crippen LogP contribution in [0.3, 0.4) is 0 Å². The monoisotopic (exact) mass is 586 g/mol. The summed E-state index contributed by atoms with van der Waals surface area (Å²) in [6, 6.07) is 5.05. The first kappa shape index (κ1) is 28.8. The van der Waals surface area contributed by atoms with Crippen LogP contribution in [0.1, 0.15) is 12.5 Å². The van der Waals surface area contributed by atoms with Crippen molar-refractivity contribution < 1.29 is 29.1 Å². The molecule has 14 nitrogen and oxygen atoms in total. The Morgan fingerprint density at radius 3 is 2.70 bits per heavy atom. The lowest BCUT2D eigenvalue weighted by molar-refractivity contribution is -0.150. The SMILES string of the molecule is C/C=C/C(=O)N(C)C(=O)Nc1ccccc1CC(=O)NC1C(=O)N2C(C(=O)O)=C(CSc3nnnn3C)CS[C@H]12. The van der Waals surface area contributed by atoms with Gasteiger partial charge in [-0.2, -0.15) is 0 Å². The van der Waals surface area contributed by atoms with Crippen molar-refractivity contribution in [2.45, 2.75) is 29.9 Å². The number of nitrogens with one attached hydrogen (secondary N) is 2. The van der Waals surface area contributed by atoms with Crippen molar-refractivity contribution in [3.8, 4) is 0 Å². The molecule has 2 aliphatic heterocycles. The number of para-hydroxylation sites is 1. The third-order valence-electron chi connectivity index (χ3n) is 6.08. The quantitative estimate of drug-likeness (QED) is 0.215. The lowest BCUT2D eigenvalue weighted by Crippen LogP contribution is -2.70. The van der Waals surface area contributed by atoms with E-state index in [0.29, 0.717) is 27.7 Å². The number of nitrogens with zero attached hydrogens (tertiary/aromatic N) is 6. The maximum Gasteiger partial charge on any atom is 0.352 e. The molecule has 2 atom stereocenters. The van der Waals surface area contributed by atoms with Crippen molar-refractivity contribution in [3.05, 3.63) is 53.3 Å². The van der Waals surface area contributed by atoms with E-state index in [1.54, 1.807) is 38.2 Å². The maximum absolute atomic E-state index is 13.0. The molecule has 40 heavy (non-hydrogen) atoms. The van der Waals surface area contributed by atoms with Gasteiger partial charge in [-0.25, -0.2) is 14.3 Å². The summed E-state index contributed by atoms with van der Waals surface area (Å²) in [4.78, 5) is 64.6. The molecule has 1 unspecified atom stereocenters. The highest BCUT2D eigenvalue weighted by atomic mass is 32.2. The van der Waals surface area contributed by atoms with E-state index in [-0.39, 0.29) is 17.9 Å². The Kier molecular flexibility index (Phi) is 8.89. The van der Waals surface area contributed by atoms with Crippen molar-refractivity contribution in [2.24, 2.45) is 7.05 Å². The maximum atomic E-state index is 13.0. The summed E-state index contributed by atoms with van der Waals surface area (Å²) in [5.74, 6) is -2.08. The number of amides is 5. The summed E-state index contributed by atoms with van der Waals surface area (Å²) in [6.45, 7) is 1.66. The van der Waals surface area contributed by atoms with Gasteiger partial charge in [0.25, 0.3) is 11.8 Å². The minimum absolute atomic E-state index is 0.0912. The Balaban J connectivity index is 1.40. The van der Waals surface area contributed by atoms with Gasteiger partial charge in [-0.3, -0.25) is 24.2 Å². The standard InChI is InChI=1S/C24H26N8O6S2/c1-4-7-17(34)30(2)23(38)25-15-9-6-5-8-13(15)10-16(33)26-18-20(35)32-19(22(36)37)14(11-39-21(18)32)12-40-24-27-28-29-31(24)3/h4-9,18,21H,10-12H2,1-3H3,(H,25,38)(H,26,33)(H,36,37)/b7-4+/t18?,21-/m1/s1. The highest BCUT2D eigenvalue weighted by Gasteiger charge is 2.54. The molecule has 3 heterocycles. The number of carboxylic acids is 1. The molecule has 0 spiro atoms. The lowest BCUT2D eigenvalue weighted by atomic mass is 10.0. The Labute approximate surface area is 237 Å². The fourth-order valence-electron chi connectivity index (χ4n) is 4.04. The van der Waals surface area contributed by atoms with E-state index in [1.807, 2.05) is 0 Å². The van der Waals surface area contributed by atoms with Crippen LogP contribution in [0, 0.1) is 0 Å². The van der Waals surface area contributed by atoms with E-state index in [1.165, 1.54) is 52.3 Å². The zero-order valence-corrected chi connectivity index (χ0v) is 23.4. The van der Waals surface area contributed by atoms with Gasteiger partial charge in [-0.05, 0) is 40.6 Å². The number of thioether (sulfide) groups is 2. The van der Waals surface area contributed by atoms with Gasteiger partial charge in [-0.1, -0.05) is 36.0 Å². The zero-order chi connectivity index (χ0) is 29.0. The molecular formula is C24H26N8O6S2. The number of anilines is 1. The number of aromatic nitrogens is 4. The number of β-lactam (4-membered cyclic amide) rings is 1. The number of hydrogen-bond acceptors (Lipinski definition) is 10. The van der Waals surface area contributed by atoms with E-state index in [4.69, 9.17) is 0 Å². The molecule has 3 N–H and O–H groups in total. The highest BCUT2D eigenvalue weighted by Crippen LogP contribution is 2.41. The second-order valence-corrected chi connectivity index (χ2v) is 10.8. The summed E-state index contributed by atoms with van der Waals surface area (Å²) >= 11 is 2.63. The van der Waals surface area contributed by atoms with Gasteiger partial charge >= 0.3 is 12.0 Å². The van der Waals surface area contributed by atoms with Crippen molar-refractivity contribution in [2.75, 3.05) is 23.9 Å². The van der Waals surface area contributed by atoms with Gasteiger partial charge in [0.2, 0.25) is 11.1 Å². The number of likely N-dealkylation sites (N-methyl/N-ethyl adjacent to an activating group) is 1. The van der Waals surface area contributed by atoms with Gasteiger partial charge in [0.15, 0.2) is 0 Å². The number of imide groups is 1. The largest absolute Gasteiger partial charge is 0.477 e. The lowest BCUT2D eigenvalue weighted by Gasteiger charge is -2.49. The van der Waals surface area contributed by atoms with Crippen LogP contribution in [0.25, 0.3) is 0 Å². The van der Waals surface area contributed by atoms with Gasteiger partial charge in [0, 0.05) is 31.3 Å². The van der Waals surface area contributed by atoms with Gasteiger partial charge in [0.1, 0.15) is 17.1 Å². The average Bonchev–Trinajstić information content (AvgIpc) is 3.34. The van der Waals surface area contributed by atoms with Crippen LogP contribution in [-0.4, -0.2) is 94.8 Å². The number of aryl methyl sites for hydroxylation is 1. The third-order valence-corrected chi connectivity index (χ3v) is 8.51. The summed E-state index contributed by atoms with van der Waals surface area (Å²) in [6.07, 6.45) is 2.62. The smallest absolute Gasteiger partial charge is 0.352 e. The number of aliphatic carboxylic acids is 1. The molecule has 0 radical (unpaired) electrons. The van der Waals surface area contributed by atoms with Crippen LogP contribution < -0.4 is 10.6 Å². The van der Waals surface area contributed by atoms with Gasteiger partial charge in [0.05, 0.1) is 6.42 Å². The zero-order valence-electron chi connectivity index (χ0n) is 21.7. The molecule has 16 heteroatoms. The Morgan fingerprint density at radius 2 is 2.02 bits per heavy atom. The molecule has 2 aliphatic rings. The summed E-state index contributed by atoms with van der Waals surface area (Å²) in [5, 5.41) is 26.3. The van der Waals surface area contributed by atoms with Crippen LogP contribution in [0.5, 0.6) is 0 Å². The number of rotatable bonds is 9. The number of carbonyl (C=O) groups is 5. The Hall–Kier alpha value is -4.18. The third kappa shape index (κ3) is 6.02. The summed E-state index contributed by atoms with van der Waals surface area (Å²) < 4.78 is 1.47. The van der Waals surface area contributed by atoms with Crippen molar-refractivity contribution in [3.63, 3.8) is 0 Å². The normalized spacial score (nSPS) is 18.3. The number of urea groups is 1. The molecule has 210 valence electrons. The number of fused-ring (bicyclic) bond motifs is 1. The average molecular weight is 587 g/mol. The van der Waals surface area contributed by atoms with Crippen LogP contribution in [0.15, 0.2) is 52.8 Å². The molecule has 0 saturated carbocycles. The Morgan fingerprint density at radius 1 is 1.27 bits per heavy atom. The predicted molar refractivity (Wildman–Crippen MR) is 146 cm³/mol. The molecule has 0 aliphatic carbocycles. The Bertz CT molecular complexity index is 1420. The molecule has 2 aromatic rings. The fraction of sp³-hybridized carbons (Fsp3) is 0.333. The summed E-state index contributed by atoms with van der Waals surface area (Å²) in [7, 11) is 3.00. The first-order chi connectivity index (χ1) is 19.1. The van der Waals surface area contributed by atoms with Crippen LogP contribution >= 0.6 is 23.5 Å². The fourth-order valence-corrected chi connectivity index (χ4v) is 6.37. The van der Waals surface area contributed by atoms with Crippen molar-refractivity contribution in [1.29, 1.82) is 0 Å². The van der Waals surface area contributed by atoms with E-state index >= 15 is 0 Å². The minimum atomic E-state index is -1.22. The number of hydrogen-bond donors (Lipinski definition) is 3. The van der Waals surface area contributed by atoms with E-state index < -0.39 is 41.1 Å². The van der Waals surface area contributed by atoms with Crippen molar-refractivity contribution in [1.82, 2.24) is 35.3 Å². The highest BCUT2D eigenvalue weighted by molar-refractivity contribution is 8.01. The molecule has 4 rings (SSSR count). The van der Waals surface area contributed by atoms with Crippen LogP contribution in [0.4, 0.5) is 10.5 Å². The van der Waals surface area contributed by atoms with Crippen molar-refractivity contribution >= 4 is 58.9 Å². The topological polar surface area (TPSA) is 180 Å². The first-order valence-electron chi connectivity index (χ1n) is 12.0. The number of tetrazole rings is 1. The second kappa shape index (κ2) is 12.3. The van der Waals surface area contributed by atoms with Gasteiger partial charge in [-0.15, -0.1) is 16.9 Å². The van der Waals surface area contributed by atoms with E-state index in [2.05, 4.69) is 26.2 Å². The molecule has 5 amide bonds. The van der Waals surface area contributed by atoms with Gasteiger partial charge < -0.3 is 15.7 Å². The van der Waals surface area contributed by atoms with E-state index in [9.17, 15) is 29.1 Å². The molecule has 1 aromatic heterocycles. The summed E-state index contributed by atoms with van der Waals surface area (Å²) in [5.41, 5.74) is 1.28. The number of carboxylic acid groups (broad SMARTS) is 1. The molecular weight excluding hydrogens is 560 g/mol. The molecule has 1 fully saturated rings. The van der Waals surface area contributed by atoms with Crippen LogP contribution in [-0.2, 0) is 32.6 Å².